The number of rotatable bonds is 6. The molecule has 0 fully saturated rings. The van der Waals surface area contributed by atoms with Gasteiger partial charge in [0, 0.05) is 37.4 Å². The maximum Gasteiger partial charge on any atom is 0.157 e. The second kappa shape index (κ2) is 12.6. The molecule has 5 heteroatoms. The Kier molecular flexibility index (Phi) is 7.52. The first-order chi connectivity index (χ1) is 24.7. The molecule has 0 atom stereocenters. The van der Waals surface area contributed by atoms with Crippen molar-refractivity contribution in [2.45, 2.75) is 6.54 Å². The van der Waals surface area contributed by atoms with Crippen molar-refractivity contribution >= 4 is 65.0 Å². The molecule has 0 amide bonds. The number of benzene rings is 7. The van der Waals surface area contributed by atoms with Crippen molar-refractivity contribution in [2.24, 2.45) is 15.7 Å². The Morgan fingerprint density at radius 3 is 2.00 bits per heavy atom. The SMILES string of the molecule is N/C(=N\C(=N/Cc1ccccc1-n1c2ccccc2c2ccc3c4ccccc4sc3c21)c1ccc(-c2ccccc2)cc1)c1ccccc1. The van der Waals surface area contributed by atoms with Gasteiger partial charge in [0.15, 0.2) is 5.84 Å². The molecule has 0 unspecified atom stereocenters. The number of amidine groups is 2. The van der Waals surface area contributed by atoms with Crippen molar-refractivity contribution in [3.05, 3.63) is 187 Å². The highest BCUT2D eigenvalue weighted by atomic mass is 32.1. The Hall–Kier alpha value is -6.30. The zero-order chi connectivity index (χ0) is 33.4. The van der Waals surface area contributed by atoms with Crippen LogP contribution in [0.15, 0.2) is 180 Å². The van der Waals surface area contributed by atoms with Crippen molar-refractivity contribution < 1.29 is 0 Å². The van der Waals surface area contributed by atoms with Gasteiger partial charge in [0.25, 0.3) is 0 Å². The minimum atomic E-state index is 0.425. The standard InChI is InChI=1S/C45H32N4S/c46-44(32-15-5-2-6-16-32)48-45(33-25-23-31(24-26-33)30-13-3-1-4-14-30)47-29-34-17-7-10-20-39(34)49-40-21-11-8-18-35(40)37-27-28-38-36-19-9-12-22-41(36)50-43(38)42(37)49/h1-28H,29H2,(H2,46,47,48). The molecule has 0 saturated carbocycles. The maximum absolute atomic E-state index is 6.61. The fourth-order valence-corrected chi connectivity index (χ4v) is 8.17. The van der Waals surface area contributed by atoms with Crippen LogP contribution in [0.4, 0.5) is 0 Å². The third kappa shape index (κ3) is 5.25. The summed E-state index contributed by atoms with van der Waals surface area (Å²) in [6.07, 6.45) is 0. The van der Waals surface area contributed by atoms with Crippen molar-refractivity contribution in [2.75, 3.05) is 0 Å². The molecule has 0 radical (unpaired) electrons. The molecule has 0 aliphatic carbocycles. The summed E-state index contributed by atoms with van der Waals surface area (Å²) >= 11 is 1.86. The molecule has 9 rings (SSSR count). The summed E-state index contributed by atoms with van der Waals surface area (Å²) in [7, 11) is 0. The first-order valence-corrected chi connectivity index (χ1v) is 17.6. The molecule has 0 saturated heterocycles. The monoisotopic (exact) mass is 660 g/mol. The predicted octanol–water partition coefficient (Wildman–Crippen LogP) is 11.2. The van der Waals surface area contributed by atoms with Crippen LogP contribution in [0, 0.1) is 0 Å². The second-order valence-corrected chi connectivity index (χ2v) is 13.4. The van der Waals surface area contributed by atoms with Crippen molar-refractivity contribution in [3.63, 3.8) is 0 Å². The highest BCUT2D eigenvalue weighted by Crippen LogP contribution is 2.43. The fourth-order valence-electron chi connectivity index (χ4n) is 6.92. The van der Waals surface area contributed by atoms with E-state index < -0.39 is 0 Å². The van der Waals surface area contributed by atoms with E-state index in [9.17, 15) is 0 Å². The van der Waals surface area contributed by atoms with Gasteiger partial charge in [0.1, 0.15) is 5.84 Å². The minimum absolute atomic E-state index is 0.425. The number of aliphatic imine (C=N–C) groups is 2. The number of para-hydroxylation sites is 2. The number of nitrogens with two attached hydrogens (primary N) is 1. The zero-order valence-corrected chi connectivity index (χ0v) is 28.0. The molecular weight excluding hydrogens is 629 g/mol. The van der Waals surface area contributed by atoms with E-state index in [1.165, 1.54) is 42.0 Å². The lowest BCUT2D eigenvalue weighted by Crippen LogP contribution is -2.16. The van der Waals surface area contributed by atoms with Gasteiger partial charge in [-0.3, -0.25) is 4.99 Å². The Balaban J connectivity index is 1.20. The molecular formula is C45H32N4S. The van der Waals surface area contributed by atoms with Crippen LogP contribution in [0.3, 0.4) is 0 Å². The predicted molar refractivity (Wildman–Crippen MR) is 213 cm³/mol. The van der Waals surface area contributed by atoms with Crippen LogP contribution in [-0.2, 0) is 6.54 Å². The molecule has 9 aromatic rings. The van der Waals surface area contributed by atoms with E-state index >= 15 is 0 Å². The zero-order valence-electron chi connectivity index (χ0n) is 27.2. The third-order valence-corrected chi connectivity index (χ3v) is 10.6. The quantitative estimate of drug-likeness (QED) is 0.140. The molecule has 0 spiro atoms. The Bertz CT molecular complexity index is 2720. The number of fused-ring (bicyclic) bond motifs is 7. The molecule has 0 aliphatic rings. The highest BCUT2D eigenvalue weighted by molar-refractivity contribution is 7.26. The van der Waals surface area contributed by atoms with Crippen molar-refractivity contribution in [1.29, 1.82) is 0 Å². The Morgan fingerprint density at radius 1 is 0.540 bits per heavy atom. The van der Waals surface area contributed by atoms with Crippen LogP contribution in [0.5, 0.6) is 0 Å². The first kappa shape index (κ1) is 29.8. The number of thiophene rings is 1. The van der Waals surface area contributed by atoms with Crippen molar-refractivity contribution in [1.82, 2.24) is 4.57 Å². The van der Waals surface area contributed by atoms with E-state index in [1.807, 2.05) is 47.7 Å². The van der Waals surface area contributed by atoms with Gasteiger partial charge in [-0.15, -0.1) is 11.3 Å². The smallest absolute Gasteiger partial charge is 0.157 e. The lowest BCUT2D eigenvalue weighted by atomic mass is 10.0. The van der Waals surface area contributed by atoms with Gasteiger partial charge in [-0.05, 0) is 34.9 Å². The van der Waals surface area contributed by atoms with Crippen molar-refractivity contribution in [3.8, 4) is 16.8 Å². The average molecular weight is 661 g/mol. The summed E-state index contributed by atoms with van der Waals surface area (Å²) in [5.41, 5.74) is 15.3. The maximum atomic E-state index is 6.61. The normalized spacial score (nSPS) is 12.4. The number of aromatic nitrogens is 1. The summed E-state index contributed by atoms with van der Waals surface area (Å²) in [6.45, 7) is 0.425. The Morgan fingerprint density at radius 2 is 1.18 bits per heavy atom. The van der Waals surface area contributed by atoms with Gasteiger partial charge in [-0.25, -0.2) is 4.99 Å². The van der Waals surface area contributed by atoms with Crippen LogP contribution in [0.25, 0.3) is 58.8 Å². The van der Waals surface area contributed by atoms with Crippen LogP contribution in [0.2, 0.25) is 0 Å². The largest absolute Gasteiger partial charge is 0.383 e. The lowest BCUT2D eigenvalue weighted by molar-refractivity contribution is 1.02. The topological polar surface area (TPSA) is 55.7 Å². The first-order valence-electron chi connectivity index (χ1n) is 16.7. The van der Waals surface area contributed by atoms with Gasteiger partial charge in [-0.1, -0.05) is 152 Å². The van der Waals surface area contributed by atoms with Gasteiger partial charge >= 0.3 is 0 Å². The van der Waals surface area contributed by atoms with E-state index in [0.717, 1.165) is 33.5 Å². The van der Waals surface area contributed by atoms with Crippen LogP contribution < -0.4 is 5.73 Å². The fraction of sp³-hybridized carbons (Fsp3) is 0.0222. The highest BCUT2D eigenvalue weighted by Gasteiger charge is 2.19. The van der Waals surface area contributed by atoms with E-state index in [1.54, 1.807) is 0 Å². The van der Waals surface area contributed by atoms with Crippen LogP contribution >= 0.6 is 11.3 Å². The molecule has 0 bridgehead atoms. The molecule has 238 valence electrons. The molecule has 2 heterocycles. The van der Waals surface area contributed by atoms with Gasteiger partial charge < -0.3 is 10.3 Å². The summed E-state index contributed by atoms with van der Waals surface area (Å²) in [5.74, 6) is 1.02. The summed E-state index contributed by atoms with van der Waals surface area (Å²) in [4.78, 5) is 10.1. The molecule has 4 nitrogen and oxygen atoms in total. The summed E-state index contributed by atoms with van der Waals surface area (Å²) in [5, 5.41) is 5.06. The van der Waals surface area contributed by atoms with Gasteiger partial charge in [0.05, 0.1) is 28.0 Å². The van der Waals surface area contributed by atoms with Gasteiger partial charge in [0.2, 0.25) is 0 Å². The van der Waals surface area contributed by atoms with E-state index in [0.29, 0.717) is 18.2 Å². The minimum Gasteiger partial charge on any atom is -0.383 e. The number of hydrogen-bond acceptors (Lipinski definition) is 2. The van der Waals surface area contributed by atoms with Gasteiger partial charge in [-0.2, -0.15) is 0 Å². The number of hydrogen-bond donors (Lipinski definition) is 1. The third-order valence-electron chi connectivity index (χ3n) is 9.36. The average Bonchev–Trinajstić information content (AvgIpc) is 3.73. The molecule has 2 N–H and O–H groups in total. The summed E-state index contributed by atoms with van der Waals surface area (Å²) < 4.78 is 5.02. The molecule has 0 aliphatic heterocycles. The van der Waals surface area contributed by atoms with E-state index in [4.69, 9.17) is 15.7 Å². The van der Waals surface area contributed by atoms with E-state index in [-0.39, 0.29) is 0 Å². The lowest BCUT2D eigenvalue weighted by Gasteiger charge is -2.13. The summed E-state index contributed by atoms with van der Waals surface area (Å²) in [6, 6.07) is 59.2. The van der Waals surface area contributed by atoms with Crippen LogP contribution in [-0.4, -0.2) is 16.2 Å². The molecule has 7 aromatic carbocycles. The second-order valence-electron chi connectivity index (χ2n) is 12.4. The Labute approximate surface area is 294 Å². The molecule has 50 heavy (non-hydrogen) atoms. The molecule has 2 aromatic heterocycles. The van der Waals surface area contributed by atoms with Crippen LogP contribution in [0.1, 0.15) is 16.7 Å². The number of nitrogens with zero attached hydrogens (tertiary/aromatic N) is 3. The van der Waals surface area contributed by atoms with E-state index in [2.05, 4.69) is 138 Å².